The molecule has 23 heavy (non-hydrogen) atoms. The zero-order valence-electron chi connectivity index (χ0n) is 13.3. The van der Waals surface area contributed by atoms with Crippen molar-refractivity contribution in [3.63, 3.8) is 0 Å². The predicted molar refractivity (Wildman–Crippen MR) is 90.2 cm³/mol. The van der Waals surface area contributed by atoms with Gasteiger partial charge in [-0.1, -0.05) is 6.42 Å². The van der Waals surface area contributed by atoms with Crippen molar-refractivity contribution in [3.8, 4) is 0 Å². The fraction of sp³-hybridized carbons (Fsp3) is 0.500. The Morgan fingerprint density at radius 1 is 1.39 bits per heavy atom. The molecule has 2 aromatic heterocycles. The first-order chi connectivity index (χ1) is 11.2. The van der Waals surface area contributed by atoms with Crippen LogP contribution in [0.1, 0.15) is 41.6 Å². The van der Waals surface area contributed by atoms with Gasteiger partial charge < -0.3 is 9.88 Å². The van der Waals surface area contributed by atoms with Gasteiger partial charge in [-0.3, -0.25) is 4.79 Å². The topological polar surface area (TPSA) is 72.7 Å². The summed E-state index contributed by atoms with van der Waals surface area (Å²) in [5, 5.41) is 14.4. The summed E-state index contributed by atoms with van der Waals surface area (Å²) in [5.41, 5.74) is 0.824. The van der Waals surface area contributed by atoms with Crippen LogP contribution in [0.2, 0.25) is 0 Å². The summed E-state index contributed by atoms with van der Waals surface area (Å²) in [6.45, 7) is 3.51. The highest BCUT2D eigenvalue weighted by Crippen LogP contribution is 2.14. The molecule has 0 fully saturated rings. The van der Waals surface area contributed by atoms with Crippen LogP contribution in [0.3, 0.4) is 0 Å². The Hall–Kier alpha value is -2.02. The van der Waals surface area contributed by atoms with Gasteiger partial charge in [0.2, 0.25) is 5.91 Å². The number of nitrogens with zero attached hydrogens (tertiary/aromatic N) is 4. The highest BCUT2D eigenvalue weighted by Gasteiger charge is 2.14. The second-order valence-corrected chi connectivity index (χ2v) is 6.72. The van der Waals surface area contributed by atoms with Gasteiger partial charge in [0.25, 0.3) is 0 Å². The van der Waals surface area contributed by atoms with E-state index in [1.807, 2.05) is 12.3 Å². The third-order valence-corrected chi connectivity index (χ3v) is 4.67. The maximum Gasteiger partial charge on any atom is 0.244 e. The molecular weight excluding hydrogens is 310 g/mol. The average Bonchev–Trinajstić information content (AvgIpc) is 3.04. The molecule has 1 aliphatic heterocycles. The minimum atomic E-state index is -0.105. The fourth-order valence-electron chi connectivity index (χ4n) is 2.70. The summed E-state index contributed by atoms with van der Waals surface area (Å²) in [4.78, 5) is 16.1. The molecule has 3 rings (SSSR count). The van der Waals surface area contributed by atoms with Crippen LogP contribution in [0.15, 0.2) is 11.5 Å². The number of aryl methyl sites for hydroxylation is 2. The summed E-state index contributed by atoms with van der Waals surface area (Å²) in [7, 11) is 0. The van der Waals surface area contributed by atoms with E-state index >= 15 is 0 Å². The lowest BCUT2D eigenvalue weighted by Crippen LogP contribution is -2.24. The Kier molecular flexibility index (Phi) is 5.17. The second-order valence-electron chi connectivity index (χ2n) is 5.66. The normalized spacial score (nSPS) is 14.7. The molecule has 0 aliphatic carbocycles. The summed E-state index contributed by atoms with van der Waals surface area (Å²) >= 11 is 1.57. The van der Waals surface area contributed by atoms with Crippen LogP contribution in [0, 0.1) is 6.92 Å². The van der Waals surface area contributed by atoms with Crippen molar-refractivity contribution in [1.29, 1.82) is 0 Å². The van der Waals surface area contributed by atoms with Gasteiger partial charge in [-0.15, -0.1) is 21.5 Å². The van der Waals surface area contributed by atoms with Crippen LogP contribution in [0.25, 0.3) is 6.08 Å². The fourth-order valence-corrected chi connectivity index (χ4v) is 3.29. The highest BCUT2D eigenvalue weighted by molar-refractivity contribution is 7.09. The Balaban J connectivity index is 1.48. The first-order valence-electron chi connectivity index (χ1n) is 8.01. The number of nitrogens with one attached hydrogen (secondary N) is 1. The molecule has 122 valence electrons. The number of rotatable bonds is 5. The molecule has 0 aromatic carbocycles. The second kappa shape index (κ2) is 7.50. The molecule has 2 aromatic rings. The molecule has 7 heteroatoms. The van der Waals surface area contributed by atoms with Crippen molar-refractivity contribution in [3.05, 3.63) is 33.8 Å². The van der Waals surface area contributed by atoms with Gasteiger partial charge in [0.15, 0.2) is 0 Å². The number of thiazole rings is 1. The number of fused-ring (bicyclic) bond motifs is 1. The molecule has 3 heterocycles. The molecule has 0 radical (unpaired) electrons. The molecule has 0 atom stereocenters. The molecule has 0 saturated carbocycles. The Morgan fingerprint density at radius 3 is 3.13 bits per heavy atom. The molecule has 0 saturated heterocycles. The van der Waals surface area contributed by atoms with E-state index in [4.69, 9.17) is 0 Å². The zero-order chi connectivity index (χ0) is 16.1. The summed E-state index contributed by atoms with van der Waals surface area (Å²) < 4.78 is 2.22. The van der Waals surface area contributed by atoms with Crippen LogP contribution >= 0.6 is 11.3 Å². The lowest BCUT2D eigenvalue weighted by atomic mass is 10.2. The van der Waals surface area contributed by atoms with E-state index < -0.39 is 0 Å². The van der Waals surface area contributed by atoms with Crippen molar-refractivity contribution >= 4 is 23.3 Å². The van der Waals surface area contributed by atoms with Crippen LogP contribution < -0.4 is 5.32 Å². The lowest BCUT2D eigenvalue weighted by Gasteiger charge is -2.07. The smallest absolute Gasteiger partial charge is 0.244 e. The van der Waals surface area contributed by atoms with Crippen LogP contribution in [-0.4, -0.2) is 32.2 Å². The van der Waals surface area contributed by atoms with E-state index in [2.05, 4.69) is 25.1 Å². The third-order valence-electron chi connectivity index (χ3n) is 3.88. The van der Waals surface area contributed by atoms with Gasteiger partial charge in [-0.2, -0.15) is 0 Å². The van der Waals surface area contributed by atoms with Gasteiger partial charge in [-0.05, 0) is 25.8 Å². The van der Waals surface area contributed by atoms with Gasteiger partial charge >= 0.3 is 0 Å². The minimum absolute atomic E-state index is 0.105. The summed E-state index contributed by atoms with van der Waals surface area (Å²) in [6, 6.07) is 0. The number of carbonyl (C=O) groups is 1. The minimum Gasteiger partial charge on any atom is -0.352 e. The largest absolute Gasteiger partial charge is 0.352 e. The highest BCUT2D eigenvalue weighted by atomic mass is 32.1. The summed E-state index contributed by atoms with van der Waals surface area (Å²) in [5.74, 6) is 1.95. The van der Waals surface area contributed by atoms with Gasteiger partial charge in [0, 0.05) is 37.4 Å². The van der Waals surface area contributed by atoms with Gasteiger partial charge in [0.1, 0.15) is 11.6 Å². The van der Waals surface area contributed by atoms with Crippen molar-refractivity contribution in [1.82, 2.24) is 25.1 Å². The number of hydrogen-bond donors (Lipinski definition) is 1. The predicted octanol–water partition coefficient (Wildman–Crippen LogP) is 2.14. The molecule has 0 bridgehead atoms. The SMILES string of the molecule is Cc1nc(/C=C/C(=O)NCCc2nnc3n2CCCCC3)cs1. The average molecular weight is 331 g/mol. The van der Waals surface area contributed by atoms with E-state index in [1.54, 1.807) is 17.4 Å². The molecule has 0 spiro atoms. The molecule has 1 aliphatic rings. The van der Waals surface area contributed by atoms with Crippen LogP contribution in [-0.2, 0) is 24.2 Å². The van der Waals surface area contributed by atoms with Crippen molar-refractivity contribution < 1.29 is 4.79 Å². The first kappa shape index (κ1) is 15.9. The van der Waals surface area contributed by atoms with E-state index in [-0.39, 0.29) is 5.91 Å². The van der Waals surface area contributed by atoms with Gasteiger partial charge in [-0.25, -0.2) is 4.98 Å². The van der Waals surface area contributed by atoms with E-state index in [0.29, 0.717) is 13.0 Å². The van der Waals surface area contributed by atoms with E-state index in [9.17, 15) is 4.79 Å². The monoisotopic (exact) mass is 331 g/mol. The number of aromatic nitrogens is 4. The maximum absolute atomic E-state index is 11.8. The molecule has 0 unspecified atom stereocenters. The van der Waals surface area contributed by atoms with Crippen LogP contribution in [0.4, 0.5) is 0 Å². The van der Waals surface area contributed by atoms with Crippen molar-refractivity contribution in [2.24, 2.45) is 0 Å². The Morgan fingerprint density at radius 2 is 2.30 bits per heavy atom. The Labute approximate surface area is 139 Å². The van der Waals surface area contributed by atoms with Gasteiger partial charge in [0.05, 0.1) is 10.7 Å². The first-order valence-corrected chi connectivity index (χ1v) is 8.89. The third kappa shape index (κ3) is 4.25. The molecule has 6 nitrogen and oxygen atoms in total. The van der Waals surface area contributed by atoms with Crippen molar-refractivity contribution in [2.75, 3.05) is 6.54 Å². The zero-order valence-corrected chi connectivity index (χ0v) is 14.1. The maximum atomic E-state index is 11.8. The van der Waals surface area contributed by atoms with E-state index in [0.717, 1.165) is 35.3 Å². The quantitative estimate of drug-likeness (QED) is 0.852. The molecular formula is C16H21N5OS. The standard InChI is InChI=1S/C16H21N5OS/c1-12-18-13(11-23-12)6-7-16(22)17-9-8-15-20-19-14-5-3-2-4-10-21(14)15/h6-7,11H,2-5,8-10H2,1H3,(H,17,22)/b7-6+. The van der Waals surface area contributed by atoms with Crippen molar-refractivity contribution in [2.45, 2.75) is 45.6 Å². The number of amides is 1. The number of hydrogen-bond acceptors (Lipinski definition) is 5. The van der Waals surface area contributed by atoms with Crippen LogP contribution in [0.5, 0.6) is 0 Å². The van der Waals surface area contributed by atoms with E-state index in [1.165, 1.54) is 25.3 Å². The number of carbonyl (C=O) groups excluding carboxylic acids is 1. The Bertz CT molecular complexity index is 703. The summed E-state index contributed by atoms with van der Waals surface area (Å²) in [6.07, 6.45) is 8.61. The molecule has 1 amide bonds. The molecule has 1 N–H and O–H groups in total. The lowest BCUT2D eigenvalue weighted by molar-refractivity contribution is -0.116.